The average molecular weight is 382 g/mol. The van der Waals surface area contributed by atoms with Crippen molar-refractivity contribution in [3.63, 3.8) is 0 Å². The maximum Gasteiger partial charge on any atom is 0.245 e. The fourth-order valence-corrected chi connectivity index (χ4v) is 3.98. The Labute approximate surface area is 159 Å². The predicted molar refractivity (Wildman–Crippen MR) is 111 cm³/mol. The minimum atomic E-state index is -3.61. The normalized spacial score (nSPS) is 11.3. The molecular weight excluding hydrogens is 360 g/mol. The average Bonchev–Trinajstić information content (AvgIpc) is 2.65. The van der Waals surface area contributed by atoms with E-state index in [-0.39, 0.29) is 12.5 Å². The zero-order valence-electron chi connectivity index (χ0n) is 15.3. The summed E-state index contributed by atoms with van der Waals surface area (Å²) in [5.74, 6) is -0.386. The highest BCUT2D eigenvalue weighted by Gasteiger charge is 2.23. The number of anilines is 2. The van der Waals surface area contributed by atoms with E-state index in [1.807, 2.05) is 61.5 Å². The molecule has 0 heterocycles. The van der Waals surface area contributed by atoms with Gasteiger partial charge in [-0.1, -0.05) is 61.5 Å². The van der Waals surface area contributed by atoms with E-state index in [4.69, 9.17) is 0 Å². The van der Waals surface area contributed by atoms with Gasteiger partial charge in [0.05, 0.1) is 11.9 Å². The van der Waals surface area contributed by atoms with Crippen LogP contribution in [0.4, 0.5) is 11.4 Å². The van der Waals surface area contributed by atoms with Crippen molar-refractivity contribution in [2.45, 2.75) is 13.3 Å². The van der Waals surface area contributed by atoms with Crippen molar-refractivity contribution in [2.75, 3.05) is 22.4 Å². The van der Waals surface area contributed by atoms with E-state index in [0.717, 1.165) is 26.9 Å². The fraction of sp³-hybridized carbons (Fsp3) is 0.190. The summed E-state index contributed by atoms with van der Waals surface area (Å²) < 4.78 is 25.9. The van der Waals surface area contributed by atoms with E-state index >= 15 is 0 Å². The number of para-hydroxylation sites is 1. The van der Waals surface area contributed by atoms with Crippen LogP contribution in [0, 0.1) is 0 Å². The highest BCUT2D eigenvalue weighted by atomic mass is 32.2. The van der Waals surface area contributed by atoms with Gasteiger partial charge in [-0.25, -0.2) is 8.42 Å². The number of aryl methyl sites for hydroxylation is 1. The van der Waals surface area contributed by atoms with E-state index in [1.165, 1.54) is 0 Å². The van der Waals surface area contributed by atoms with Crippen LogP contribution in [0.5, 0.6) is 0 Å². The van der Waals surface area contributed by atoms with Gasteiger partial charge in [-0.2, -0.15) is 0 Å². The van der Waals surface area contributed by atoms with Gasteiger partial charge in [-0.3, -0.25) is 9.10 Å². The van der Waals surface area contributed by atoms with Gasteiger partial charge < -0.3 is 5.32 Å². The first-order valence-corrected chi connectivity index (χ1v) is 10.6. The van der Waals surface area contributed by atoms with Crippen molar-refractivity contribution in [3.05, 3.63) is 72.3 Å². The molecule has 0 spiro atoms. The molecule has 0 unspecified atom stereocenters. The molecule has 0 saturated heterocycles. The molecule has 140 valence electrons. The second-order valence-corrected chi connectivity index (χ2v) is 8.23. The summed E-state index contributed by atoms with van der Waals surface area (Å²) in [6.07, 6.45) is 1.79. The van der Waals surface area contributed by atoms with Crippen LogP contribution in [0.1, 0.15) is 12.5 Å². The lowest BCUT2D eigenvalue weighted by Gasteiger charge is -2.24. The van der Waals surface area contributed by atoms with Crippen molar-refractivity contribution in [2.24, 2.45) is 0 Å². The lowest BCUT2D eigenvalue weighted by molar-refractivity contribution is -0.114. The molecule has 0 radical (unpaired) electrons. The first-order valence-electron chi connectivity index (χ1n) is 8.73. The molecule has 6 heteroatoms. The topological polar surface area (TPSA) is 66.5 Å². The van der Waals surface area contributed by atoms with Gasteiger partial charge >= 0.3 is 0 Å². The molecule has 1 N–H and O–H groups in total. The van der Waals surface area contributed by atoms with Gasteiger partial charge in [-0.05, 0) is 29.5 Å². The summed E-state index contributed by atoms with van der Waals surface area (Å²) in [6.45, 7) is 1.68. The van der Waals surface area contributed by atoms with E-state index in [0.29, 0.717) is 17.8 Å². The van der Waals surface area contributed by atoms with Crippen LogP contribution in [0.25, 0.3) is 10.8 Å². The van der Waals surface area contributed by atoms with Crippen molar-refractivity contribution >= 4 is 38.1 Å². The summed E-state index contributed by atoms with van der Waals surface area (Å²) in [7, 11) is -3.61. The standard InChI is InChI=1S/C21H22N2O3S/c1-3-16-9-5-7-14-20(16)23(27(2,25)26)15-21(24)22-19-13-8-11-17-10-4-6-12-18(17)19/h4-14H,3,15H2,1-2H3,(H,22,24). The Hall–Kier alpha value is -2.86. The van der Waals surface area contributed by atoms with E-state index < -0.39 is 10.0 Å². The molecule has 0 fully saturated rings. The number of hydrogen-bond donors (Lipinski definition) is 1. The summed E-state index contributed by atoms with van der Waals surface area (Å²) >= 11 is 0. The predicted octanol–water partition coefficient (Wildman–Crippen LogP) is 3.81. The Kier molecular flexibility index (Phi) is 5.46. The molecular formula is C21H22N2O3S. The summed E-state index contributed by atoms with van der Waals surface area (Å²) in [5, 5.41) is 4.77. The minimum absolute atomic E-state index is 0.279. The lowest BCUT2D eigenvalue weighted by atomic mass is 10.1. The van der Waals surface area contributed by atoms with Crippen LogP contribution in [-0.4, -0.2) is 27.1 Å². The van der Waals surface area contributed by atoms with Crippen LogP contribution in [0.15, 0.2) is 66.7 Å². The second-order valence-electron chi connectivity index (χ2n) is 6.33. The summed E-state index contributed by atoms with van der Waals surface area (Å²) in [4.78, 5) is 12.7. The number of rotatable bonds is 6. The number of amides is 1. The number of nitrogens with zero attached hydrogens (tertiary/aromatic N) is 1. The first kappa shape index (κ1) is 18.9. The number of benzene rings is 3. The van der Waals surface area contributed by atoms with E-state index in [1.54, 1.807) is 12.1 Å². The Balaban J connectivity index is 1.89. The third-order valence-corrected chi connectivity index (χ3v) is 5.52. The molecule has 0 aliphatic rings. The Morgan fingerprint density at radius 2 is 1.63 bits per heavy atom. The van der Waals surface area contributed by atoms with E-state index in [2.05, 4.69) is 5.32 Å². The zero-order chi connectivity index (χ0) is 19.4. The molecule has 1 amide bonds. The van der Waals surface area contributed by atoms with Crippen molar-refractivity contribution in [3.8, 4) is 0 Å². The smallest absolute Gasteiger partial charge is 0.245 e. The largest absolute Gasteiger partial charge is 0.324 e. The van der Waals surface area contributed by atoms with Crippen molar-refractivity contribution < 1.29 is 13.2 Å². The molecule has 5 nitrogen and oxygen atoms in total. The van der Waals surface area contributed by atoms with Crippen molar-refractivity contribution in [1.82, 2.24) is 0 Å². The number of carbonyl (C=O) groups excluding carboxylic acids is 1. The minimum Gasteiger partial charge on any atom is -0.324 e. The molecule has 3 aromatic rings. The van der Waals surface area contributed by atoms with Crippen LogP contribution < -0.4 is 9.62 Å². The third kappa shape index (κ3) is 4.28. The van der Waals surface area contributed by atoms with E-state index in [9.17, 15) is 13.2 Å². The molecule has 0 bridgehead atoms. The molecule has 0 atom stereocenters. The highest BCUT2D eigenvalue weighted by molar-refractivity contribution is 7.92. The summed E-state index contributed by atoms with van der Waals surface area (Å²) in [6, 6.07) is 20.6. The SMILES string of the molecule is CCc1ccccc1N(CC(=O)Nc1cccc2ccccc12)S(C)(=O)=O. The molecule has 3 aromatic carbocycles. The van der Waals surface area contributed by atoms with Gasteiger partial charge in [0, 0.05) is 11.1 Å². The quantitative estimate of drug-likeness (QED) is 0.705. The number of fused-ring (bicyclic) bond motifs is 1. The maximum absolute atomic E-state index is 12.7. The number of carbonyl (C=O) groups is 1. The van der Waals surface area contributed by atoms with Gasteiger partial charge in [0.25, 0.3) is 0 Å². The lowest BCUT2D eigenvalue weighted by Crippen LogP contribution is -2.38. The number of sulfonamides is 1. The summed E-state index contributed by atoms with van der Waals surface area (Å²) in [5.41, 5.74) is 2.08. The monoisotopic (exact) mass is 382 g/mol. The molecule has 0 aliphatic heterocycles. The fourth-order valence-electron chi connectivity index (χ4n) is 3.09. The Bertz CT molecular complexity index is 1070. The number of hydrogen-bond acceptors (Lipinski definition) is 3. The Morgan fingerprint density at radius 1 is 0.963 bits per heavy atom. The molecule has 0 aromatic heterocycles. The molecule has 0 aliphatic carbocycles. The Morgan fingerprint density at radius 3 is 2.37 bits per heavy atom. The maximum atomic E-state index is 12.7. The van der Waals surface area contributed by atoms with Gasteiger partial charge in [0.1, 0.15) is 6.54 Å². The van der Waals surface area contributed by atoms with Gasteiger partial charge in [-0.15, -0.1) is 0 Å². The van der Waals surface area contributed by atoms with Gasteiger partial charge in [0.2, 0.25) is 15.9 Å². The molecule has 27 heavy (non-hydrogen) atoms. The molecule has 3 rings (SSSR count). The first-order chi connectivity index (χ1) is 12.9. The van der Waals surface area contributed by atoms with Crippen LogP contribution >= 0.6 is 0 Å². The number of nitrogens with one attached hydrogen (secondary N) is 1. The zero-order valence-corrected chi connectivity index (χ0v) is 16.2. The van der Waals surface area contributed by atoms with Crippen LogP contribution in [0.2, 0.25) is 0 Å². The van der Waals surface area contributed by atoms with Crippen LogP contribution in [0.3, 0.4) is 0 Å². The van der Waals surface area contributed by atoms with Crippen molar-refractivity contribution in [1.29, 1.82) is 0 Å². The third-order valence-electron chi connectivity index (χ3n) is 4.39. The molecule has 0 saturated carbocycles. The van der Waals surface area contributed by atoms with Gasteiger partial charge in [0.15, 0.2) is 0 Å². The second kappa shape index (κ2) is 7.80. The highest BCUT2D eigenvalue weighted by Crippen LogP contribution is 2.25. The van der Waals surface area contributed by atoms with Crippen LogP contribution in [-0.2, 0) is 21.2 Å².